The minimum Gasteiger partial charge on any atom is -0.478 e. The van der Waals surface area contributed by atoms with Gasteiger partial charge in [-0.1, -0.05) is 65.4 Å². The van der Waals surface area contributed by atoms with Gasteiger partial charge in [0.15, 0.2) is 10.3 Å². The zero-order chi connectivity index (χ0) is 68.3. The second-order valence-corrected chi connectivity index (χ2v) is 27.2. The van der Waals surface area contributed by atoms with E-state index in [2.05, 4.69) is 50.7 Å². The minimum absolute atomic E-state index is 0.00810. The lowest BCUT2D eigenvalue weighted by molar-refractivity contribution is 0.0686. The lowest BCUT2D eigenvalue weighted by Gasteiger charge is -2.21. The number of rotatable bonds is 5. The number of thiazole rings is 2. The Morgan fingerprint density at radius 3 is 1.35 bits per heavy atom. The first-order chi connectivity index (χ1) is 46.1. The van der Waals surface area contributed by atoms with E-state index in [1.54, 1.807) is 62.5 Å². The predicted octanol–water partition coefficient (Wildman–Crippen LogP) is 12.8. The molecular weight excluding hydrogens is 1260 g/mol. The number of aromatic carboxylic acids is 3. The van der Waals surface area contributed by atoms with Crippen LogP contribution in [0.5, 0.6) is 0 Å². The Kier molecular flexibility index (Phi) is 22.4. The van der Waals surface area contributed by atoms with Crippen LogP contribution in [0.4, 0.5) is 10.3 Å². The number of carbonyl (C=O) groups is 4. The number of benzene rings is 4. The molecule has 23 nitrogen and oxygen atoms in total. The molecule has 0 saturated carbocycles. The zero-order valence-corrected chi connectivity index (χ0v) is 55.9. The third-order valence-corrected chi connectivity index (χ3v) is 19.1. The molecule has 96 heavy (non-hydrogen) atoms. The molecule has 10 aromatic rings. The molecule has 0 fully saturated rings. The van der Waals surface area contributed by atoms with E-state index in [1.165, 1.54) is 59.1 Å². The summed E-state index contributed by atoms with van der Waals surface area (Å²) >= 11 is 2.94. The Labute approximate surface area is 560 Å². The molecule has 4 aliphatic heterocycles. The van der Waals surface area contributed by atoms with Crippen LogP contribution in [0.1, 0.15) is 203 Å². The van der Waals surface area contributed by atoms with Crippen LogP contribution in [0.15, 0.2) is 111 Å². The van der Waals surface area contributed by atoms with Gasteiger partial charge in [-0.3, -0.25) is 47.6 Å². The fourth-order valence-corrected chi connectivity index (χ4v) is 13.6. The van der Waals surface area contributed by atoms with Gasteiger partial charge in [-0.2, -0.15) is 0 Å². The van der Waals surface area contributed by atoms with Gasteiger partial charge >= 0.3 is 17.9 Å². The van der Waals surface area contributed by atoms with Crippen LogP contribution in [0.2, 0.25) is 0 Å². The summed E-state index contributed by atoms with van der Waals surface area (Å²) in [5.41, 5.74) is 8.82. The van der Waals surface area contributed by atoms with Gasteiger partial charge in [-0.05, 0) is 150 Å². The van der Waals surface area contributed by atoms with Gasteiger partial charge in [-0.15, -0.1) is 22.7 Å². The second-order valence-electron chi connectivity index (χ2n) is 24.7. The van der Waals surface area contributed by atoms with Crippen LogP contribution in [-0.2, 0) is 32.6 Å². The van der Waals surface area contributed by atoms with Crippen molar-refractivity contribution in [3.05, 3.63) is 188 Å². The summed E-state index contributed by atoms with van der Waals surface area (Å²) in [5.74, 6) is 0.181. The molecule has 0 spiro atoms. The fourth-order valence-electron chi connectivity index (χ4n) is 12.4. The highest BCUT2D eigenvalue weighted by atomic mass is 32.1. The summed E-state index contributed by atoms with van der Waals surface area (Å²) < 4.78 is 7.02. The Morgan fingerprint density at radius 1 is 0.490 bits per heavy atom. The predicted molar refractivity (Wildman–Crippen MR) is 374 cm³/mol. The van der Waals surface area contributed by atoms with Crippen LogP contribution < -0.4 is 33.3 Å². The van der Waals surface area contributed by atoms with Gasteiger partial charge in [-0.25, -0.2) is 44.3 Å². The topological polar surface area (TPSA) is 332 Å². The molecule has 4 aliphatic rings. The number of hydrogen-bond acceptors (Lipinski definition) is 17. The fraction of sp³-hybridized carbons (Fsp3) is 0.380. The molecule has 0 bridgehead atoms. The van der Waals surface area contributed by atoms with Gasteiger partial charge < -0.3 is 21.1 Å². The molecule has 1 amide bonds. The summed E-state index contributed by atoms with van der Waals surface area (Å²) in [7, 11) is 0. The number of carboxylic acid groups (broad SMARTS) is 3. The van der Waals surface area contributed by atoms with Gasteiger partial charge in [0, 0.05) is 72.1 Å². The van der Waals surface area contributed by atoms with Crippen molar-refractivity contribution in [1.82, 2.24) is 48.2 Å². The van der Waals surface area contributed by atoms with Crippen molar-refractivity contribution in [2.75, 3.05) is 11.1 Å². The lowest BCUT2D eigenvalue weighted by atomic mass is 9.99. The molecule has 4 aromatic carbocycles. The van der Waals surface area contributed by atoms with Crippen LogP contribution in [0.3, 0.4) is 0 Å². The number of allylic oxidation sites excluding steroid dienone is 1. The number of nitrogen functional groups attached to an aromatic ring is 1. The largest absolute Gasteiger partial charge is 0.478 e. The average molecular weight is 1340 g/mol. The van der Waals surface area contributed by atoms with Crippen molar-refractivity contribution in [3.8, 4) is 0 Å². The number of aryl methyl sites for hydroxylation is 3. The highest BCUT2D eigenvalue weighted by Crippen LogP contribution is 2.29. The monoisotopic (exact) mass is 1340 g/mol. The lowest BCUT2D eigenvalue weighted by Crippen LogP contribution is -2.28. The summed E-state index contributed by atoms with van der Waals surface area (Å²) in [6.45, 7) is 14.9. The maximum Gasteiger partial charge on any atom is 0.335 e. The molecule has 0 saturated heterocycles. The van der Waals surface area contributed by atoms with E-state index in [0.717, 1.165) is 142 Å². The molecule has 6 N–H and O–H groups in total. The molecule has 14 rings (SSSR count). The maximum atomic E-state index is 13.0. The van der Waals surface area contributed by atoms with Gasteiger partial charge in [0.1, 0.15) is 23.3 Å². The Bertz CT molecular complexity index is 4860. The van der Waals surface area contributed by atoms with Crippen molar-refractivity contribution in [2.45, 2.75) is 175 Å². The van der Waals surface area contributed by atoms with Gasteiger partial charge in [0.2, 0.25) is 0 Å². The van der Waals surface area contributed by atoms with E-state index >= 15 is 0 Å². The number of aromatic nitrogens is 10. The zero-order valence-electron chi connectivity index (χ0n) is 54.3. The number of nitrogens with zero attached hydrogens (tertiary/aromatic N) is 10. The summed E-state index contributed by atoms with van der Waals surface area (Å²) in [4.78, 5) is 125. The number of anilines is 2. The number of fused-ring (bicyclic) bond motifs is 8. The molecule has 2 unspecified atom stereocenters. The highest BCUT2D eigenvalue weighted by molar-refractivity contribution is 7.15. The first kappa shape index (κ1) is 69.0. The standard InChI is InChI=1S/C20H22N4O2S.C16H18N2O3.C16H16N2O3.C15H16N2O3.C4H6N2S/c1-12-6-4-3-5-9-24-17(12)22-16-10-14(7-8-15(16)19(24)26)18(25)23-20-21-11-13(2)27-20;2*1-10-5-3-2-4-8-18-14(10)17-13-9-11(16(20)21)6-7-12(13)15(18)19;18-14-11-7-6-10(15(19)20)9-12(11)16-13-5-3-1-2-4-8-17(13)14;1-3-2-6-4(5)7-3/h7-8,10-12H,3-6,9H2,1-2H3,(H,21,23,25);6-7,9-10H,2-5,8H2,1H3,(H,20,21);6-7,9H,1-5,8H2,(H,20,21);6-7,9H,1-5,8H2,(H,19,20);2H,1H3,(H2,5,6). The average Bonchev–Trinajstić information content (AvgIpc) is 0.807. The van der Waals surface area contributed by atoms with E-state index in [4.69, 9.17) is 26.0 Å². The SMILES string of the molecule is C=C1CCCCCn2c1nc1cc(C(=O)O)ccc1c2=O.CC1CCCCCn2c1nc1cc(C(=O)O)ccc1c2=O.Cc1cnc(N)s1.Cc1cnc(NC(=O)c2ccc3c(=O)n4c(nc3c2)C(C)CCCCC4)s1.O=C(O)c1ccc2c(=O)n3c(nc2c1)CCCCCC3. The Morgan fingerprint density at radius 2 is 0.885 bits per heavy atom. The maximum absolute atomic E-state index is 13.0. The number of nitrogens with one attached hydrogen (secondary N) is 1. The van der Waals surface area contributed by atoms with Crippen molar-refractivity contribution in [1.29, 1.82) is 0 Å². The summed E-state index contributed by atoms with van der Waals surface area (Å²) in [5, 5.41) is 33.2. The van der Waals surface area contributed by atoms with E-state index < -0.39 is 17.9 Å². The Hall–Kier alpha value is -9.88. The molecule has 10 heterocycles. The summed E-state index contributed by atoms with van der Waals surface area (Å²) in [6.07, 6.45) is 21.1. The first-order valence-corrected chi connectivity index (χ1v) is 34.2. The van der Waals surface area contributed by atoms with Crippen LogP contribution in [0, 0.1) is 13.8 Å². The van der Waals surface area contributed by atoms with E-state index in [0.29, 0.717) is 91.4 Å². The third kappa shape index (κ3) is 16.2. The number of hydrogen-bond donors (Lipinski definition) is 5. The number of carboxylic acids is 3. The summed E-state index contributed by atoms with van der Waals surface area (Å²) in [6, 6.07) is 18.6. The number of nitrogens with two attached hydrogens (primary N) is 1. The third-order valence-electron chi connectivity index (χ3n) is 17.6. The van der Waals surface area contributed by atoms with Gasteiger partial charge in [0.05, 0.1) is 60.3 Å². The van der Waals surface area contributed by atoms with Crippen molar-refractivity contribution in [3.63, 3.8) is 0 Å². The Balaban J connectivity index is 0.000000135. The normalized spacial score (nSPS) is 16.2. The van der Waals surface area contributed by atoms with Gasteiger partial charge in [0.25, 0.3) is 28.1 Å². The van der Waals surface area contributed by atoms with Crippen LogP contribution >= 0.6 is 22.7 Å². The highest BCUT2D eigenvalue weighted by Gasteiger charge is 2.23. The van der Waals surface area contributed by atoms with Crippen molar-refractivity contribution in [2.24, 2.45) is 0 Å². The molecule has 25 heteroatoms. The molecule has 0 aliphatic carbocycles. The first-order valence-electron chi connectivity index (χ1n) is 32.6. The van der Waals surface area contributed by atoms with Crippen LogP contribution in [0.25, 0.3) is 49.2 Å². The second kappa shape index (κ2) is 31.1. The van der Waals surface area contributed by atoms with Crippen molar-refractivity contribution >= 4 is 106 Å². The van der Waals surface area contributed by atoms with Crippen molar-refractivity contribution < 1.29 is 34.5 Å². The van der Waals surface area contributed by atoms with E-state index in [9.17, 15) is 38.4 Å². The molecule has 2 atom stereocenters. The molecule has 6 aromatic heterocycles. The molecular formula is C71H78N12O11S2. The van der Waals surface area contributed by atoms with E-state index in [-0.39, 0.29) is 56.7 Å². The quantitative estimate of drug-likeness (QED) is 0.107. The van der Waals surface area contributed by atoms with Crippen LogP contribution in [-0.4, -0.2) is 87.3 Å². The van der Waals surface area contributed by atoms with E-state index in [1.807, 2.05) is 18.4 Å². The molecule has 500 valence electrons. The number of amides is 1. The minimum atomic E-state index is -1.02. The number of carbonyl (C=O) groups excluding carboxylic acids is 1. The molecule has 0 radical (unpaired) electrons. The smallest absolute Gasteiger partial charge is 0.335 e.